The fourth-order valence-corrected chi connectivity index (χ4v) is 1.91. The van der Waals surface area contributed by atoms with Gasteiger partial charge in [-0.15, -0.1) is 0 Å². The van der Waals surface area contributed by atoms with E-state index in [9.17, 15) is 14.4 Å². The molecule has 0 spiro atoms. The largest absolute Gasteiger partial charge is 0.480 e. The van der Waals surface area contributed by atoms with Crippen LogP contribution < -0.4 is 0 Å². The molecule has 1 N–H and O–H groups in total. The van der Waals surface area contributed by atoms with Gasteiger partial charge in [-0.25, -0.2) is 0 Å². The molecule has 0 unspecified atom stereocenters. The van der Waals surface area contributed by atoms with Crippen LogP contribution in [-0.4, -0.2) is 34.3 Å². The van der Waals surface area contributed by atoms with Crippen molar-refractivity contribution in [2.75, 3.05) is 6.54 Å². The summed E-state index contributed by atoms with van der Waals surface area (Å²) in [6.45, 7) is 3.25. The average molecular weight is 259 g/mol. The Morgan fingerprint density at radius 1 is 1.21 bits per heavy atom. The van der Waals surface area contributed by atoms with Crippen molar-refractivity contribution in [3.63, 3.8) is 0 Å². The smallest absolute Gasteiger partial charge is 0.323 e. The number of hydrogen-bond donors (Lipinski definition) is 1. The van der Waals surface area contributed by atoms with Crippen molar-refractivity contribution >= 4 is 23.4 Å². The van der Waals surface area contributed by atoms with Crippen LogP contribution in [0.25, 0.3) is 5.57 Å². The van der Waals surface area contributed by atoms with Crippen LogP contribution in [0.2, 0.25) is 0 Å². The Labute approximate surface area is 110 Å². The molecule has 1 aliphatic rings. The van der Waals surface area contributed by atoms with Gasteiger partial charge in [0, 0.05) is 6.08 Å². The van der Waals surface area contributed by atoms with Crippen molar-refractivity contribution in [3.8, 4) is 0 Å². The minimum absolute atomic E-state index is 0.245. The molecular formula is C14H13NO4. The average Bonchev–Trinajstić information content (AvgIpc) is 2.60. The molecule has 0 saturated heterocycles. The molecule has 0 radical (unpaired) electrons. The van der Waals surface area contributed by atoms with Gasteiger partial charge in [0.2, 0.25) is 0 Å². The molecule has 1 aliphatic heterocycles. The van der Waals surface area contributed by atoms with Gasteiger partial charge in [-0.1, -0.05) is 18.2 Å². The van der Waals surface area contributed by atoms with Crippen LogP contribution in [0, 0.1) is 13.8 Å². The number of imide groups is 1. The molecule has 0 bridgehead atoms. The molecule has 1 aromatic rings. The molecule has 0 aromatic heterocycles. The maximum absolute atomic E-state index is 12.0. The molecule has 2 amide bonds. The monoisotopic (exact) mass is 259 g/mol. The highest BCUT2D eigenvalue weighted by molar-refractivity contribution is 6.33. The summed E-state index contributed by atoms with van der Waals surface area (Å²) >= 11 is 0. The van der Waals surface area contributed by atoms with Gasteiger partial charge in [0.1, 0.15) is 6.54 Å². The Balaban J connectivity index is 2.34. The van der Waals surface area contributed by atoms with Crippen molar-refractivity contribution in [2.45, 2.75) is 13.8 Å². The van der Waals surface area contributed by atoms with E-state index in [0.717, 1.165) is 16.0 Å². The van der Waals surface area contributed by atoms with Crippen LogP contribution in [0.15, 0.2) is 24.3 Å². The summed E-state index contributed by atoms with van der Waals surface area (Å²) in [4.78, 5) is 35.0. The van der Waals surface area contributed by atoms with E-state index < -0.39 is 24.3 Å². The SMILES string of the molecule is Cc1ccc(C2=CC(=O)N(CC(=O)O)C2=O)cc1C. The number of hydrogen-bond acceptors (Lipinski definition) is 3. The number of carboxylic acid groups (broad SMARTS) is 1. The van der Waals surface area contributed by atoms with Crippen LogP contribution in [0.5, 0.6) is 0 Å². The van der Waals surface area contributed by atoms with Crippen molar-refractivity contribution in [3.05, 3.63) is 41.0 Å². The minimum Gasteiger partial charge on any atom is -0.480 e. The van der Waals surface area contributed by atoms with Crippen molar-refractivity contribution < 1.29 is 19.5 Å². The maximum Gasteiger partial charge on any atom is 0.323 e. The first-order chi connectivity index (χ1) is 8.90. The number of carbonyl (C=O) groups excluding carboxylic acids is 2. The first kappa shape index (κ1) is 13.0. The number of amides is 2. The third-order valence-electron chi connectivity index (χ3n) is 3.12. The Bertz CT molecular complexity index is 616. The van der Waals surface area contributed by atoms with Crippen LogP contribution >= 0.6 is 0 Å². The molecule has 2 rings (SSSR count). The highest BCUT2D eigenvalue weighted by Crippen LogP contribution is 2.24. The van der Waals surface area contributed by atoms with E-state index >= 15 is 0 Å². The van der Waals surface area contributed by atoms with Crippen LogP contribution in [0.1, 0.15) is 16.7 Å². The van der Waals surface area contributed by atoms with Gasteiger partial charge in [0.05, 0.1) is 5.57 Å². The minimum atomic E-state index is -1.21. The van der Waals surface area contributed by atoms with Crippen molar-refractivity contribution in [1.82, 2.24) is 4.90 Å². The van der Waals surface area contributed by atoms with Gasteiger partial charge in [-0.2, -0.15) is 0 Å². The molecule has 0 atom stereocenters. The predicted octanol–water partition coefficient (Wildman–Crippen LogP) is 1.14. The molecule has 0 saturated carbocycles. The number of carboxylic acids is 1. The lowest BCUT2D eigenvalue weighted by atomic mass is 10.0. The van der Waals surface area contributed by atoms with Gasteiger partial charge in [-0.3, -0.25) is 19.3 Å². The van der Waals surface area contributed by atoms with E-state index in [0.29, 0.717) is 5.56 Å². The van der Waals surface area contributed by atoms with Gasteiger partial charge in [0.25, 0.3) is 11.8 Å². The molecule has 98 valence electrons. The van der Waals surface area contributed by atoms with E-state index in [4.69, 9.17) is 5.11 Å². The summed E-state index contributed by atoms with van der Waals surface area (Å²) in [7, 11) is 0. The van der Waals surface area contributed by atoms with E-state index in [2.05, 4.69) is 0 Å². The molecule has 1 heterocycles. The van der Waals surface area contributed by atoms with E-state index in [-0.39, 0.29) is 5.57 Å². The molecule has 5 heteroatoms. The first-order valence-electron chi connectivity index (χ1n) is 5.77. The van der Waals surface area contributed by atoms with Gasteiger partial charge in [0.15, 0.2) is 0 Å². The topological polar surface area (TPSA) is 74.7 Å². The Hall–Kier alpha value is -2.43. The lowest BCUT2D eigenvalue weighted by Crippen LogP contribution is -2.35. The van der Waals surface area contributed by atoms with E-state index in [1.807, 2.05) is 26.0 Å². The summed E-state index contributed by atoms with van der Waals surface area (Å²) in [6.07, 6.45) is 1.19. The molecule has 0 fully saturated rings. The van der Waals surface area contributed by atoms with Crippen molar-refractivity contribution in [1.29, 1.82) is 0 Å². The second kappa shape index (κ2) is 4.68. The maximum atomic E-state index is 12.0. The Morgan fingerprint density at radius 3 is 2.47 bits per heavy atom. The summed E-state index contributed by atoms with van der Waals surface area (Å²) < 4.78 is 0. The van der Waals surface area contributed by atoms with Gasteiger partial charge >= 0.3 is 5.97 Å². The fraction of sp³-hybridized carbons (Fsp3) is 0.214. The highest BCUT2D eigenvalue weighted by Gasteiger charge is 2.33. The molecule has 1 aromatic carbocycles. The summed E-state index contributed by atoms with van der Waals surface area (Å²) in [5.41, 5.74) is 2.97. The molecule has 0 aliphatic carbocycles. The fourth-order valence-electron chi connectivity index (χ4n) is 1.91. The summed E-state index contributed by atoms with van der Waals surface area (Å²) in [6, 6.07) is 5.43. The first-order valence-corrected chi connectivity index (χ1v) is 5.77. The second-order valence-electron chi connectivity index (χ2n) is 4.48. The van der Waals surface area contributed by atoms with E-state index in [1.165, 1.54) is 6.08 Å². The number of nitrogens with zero attached hydrogens (tertiary/aromatic N) is 1. The quantitative estimate of drug-likeness (QED) is 0.826. The molecule has 19 heavy (non-hydrogen) atoms. The zero-order valence-corrected chi connectivity index (χ0v) is 10.6. The predicted molar refractivity (Wildman–Crippen MR) is 68.2 cm³/mol. The van der Waals surface area contributed by atoms with Crippen LogP contribution in [0.4, 0.5) is 0 Å². The zero-order valence-electron chi connectivity index (χ0n) is 10.6. The summed E-state index contributed by atoms with van der Waals surface area (Å²) in [5.74, 6) is -2.35. The number of rotatable bonds is 3. The molecular weight excluding hydrogens is 246 g/mol. The second-order valence-corrected chi connectivity index (χ2v) is 4.48. The Morgan fingerprint density at radius 2 is 1.89 bits per heavy atom. The highest BCUT2D eigenvalue weighted by atomic mass is 16.4. The molecule has 5 nitrogen and oxygen atoms in total. The Kier molecular flexibility index (Phi) is 3.21. The lowest BCUT2D eigenvalue weighted by molar-refractivity contribution is -0.147. The number of aliphatic carboxylic acids is 1. The number of benzene rings is 1. The third-order valence-corrected chi connectivity index (χ3v) is 3.12. The third kappa shape index (κ3) is 2.40. The number of carbonyl (C=O) groups is 3. The van der Waals surface area contributed by atoms with Crippen LogP contribution in [0.3, 0.4) is 0 Å². The lowest BCUT2D eigenvalue weighted by Gasteiger charge is -2.12. The normalized spacial score (nSPS) is 14.8. The standard InChI is InChI=1S/C14H13NO4/c1-8-3-4-10(5-9(8)2)11-6-12(16)15(14(11)19)7-13(17)18/h3-6H,7H2,1-2H3,(H,17,18). The van der Waals surface area contributed by atoms with E-state index in [1.54, 1.807) is 6.07 Å². The summed E-state index contributed by atoms with van der Waals surface area (Å²) in [5, 5.41) is 8.68. The van der Waals surface area contributed by atoms with Gasteiger partial charge in [-0.05, 0) is 30.5 Å². The number of aryl methyl sites for hydroxylation is 2. The van der Waals surface area contributed by atoms with Crippen molar-refractivity contribution in [2.24, 2.45) is 0 Å². The van der Waals surface area contributed by atoms with Crippen LogP contribution in [-0.2, 0) is 14.4 Å². The van der Waals surface area contributed by atoms with Gasteiger partial charge < -0.3 is 5.11 Å². The zero-order chi connectivity index (χ0) is 14.2.